The minimum absolute atomic E-state index is 0.537. The maximum absolute atomic E-state index is 4.59. The second-order valence-corrected chi connectivity index (χ2v) is 8.34. The average molecular weight is 382 g/mol. The molecule has 3 aromatic rings. The number of nitrogens with zero attached hydrogens (tertiary/aromatic N) is 6. The number of aromatic nitrogens is 5. The first-order valence-corrected chi connectivity index (χ1v) is 10.4. The Morgan fingerprint density at radius 1 is 1.11 bits per heavy atom. The molecule has 27 heavy (non-hydrogen) atoms. The van der Waals surface area contributed by atoms with Crippen molar-refractivity contribution in [3.05, 3.63) is 47.2 Å². The minimum Gasteiger partial charge on any atom is -0.312 e. The molecule has 1 saturated heterocycles. The summed E-state index contributed by atoms with van der Waals surface area (Å²) in [7, 11) is 0. The van der Waals surface area contributed by atoms with E-state index in [2.05, 4.69) is 34.9 Å². The number of likely N-dealkylation sites (tertiary alicyclic amines) is 1. The van der Waals surface area contributed by atoms with Crippen molar-refractivity contribution >= 4 is 11.3 Å². The molecule has 0 saturated carbocycles. The molecule has 0 radical (unpaired) electrons. The van der Waals surface area contributed by atoms with Gasteiger partial charge in [0.15, 0.2) is 0 Å². The number of rotatable bonds is 4. The maximum Gasteiger partial charge on any atom is 0.147 e. The summed E-state index contributed by atoms with van der Waals surface area (Å²) >= 11 is 1.78. The van der Waals surface area contributed by atoms with Gasteiger partial charge in [0, 0.05) is 54.6 Å². The van der Waals surface area contributed by atoms with Crippen LogP contribution in [0.5, 0.6) is 0 Å². The van der Waals surface area contributed by atoms with E-state index in [0.717, 1.165) is 68.5 Å². The molecule has 5 heterocycles. The summed E-state index contributed by atoms with van der Waals surface area (Å²) in [5.74, 6) is 2.82. The van der Waals surface area contributed by atoms with Gasteiger partial charge in [-0.1, -0.05) is 0 Å². The number of fused-ring (bicyclic) bond motifs is 1. The number of hydrogen-bond acceptors (Lipinski definition) is 7. The number of nitrogens with one attached hydrogen (secondary N) is 1. The predicted octanol–water partition coefficient (Wildman–Crippen LogP) is 2.28. The monoisotopic (exact) mass is 381 g/mol. The van der Waals surface area contributed by atoms with Crippen molar-refractivity contribution in [2.75, 3.05) is 19.6 Å². The highest BCUT2D eigenvalue weighted by molar-refractivity contribution is 7.15. The van der Waals surface area contributed by atoms with Gasteiger partial charge in [-0.05, 0) is 38.1 Å². The lowest BCUT2D eigenvalue weighted by molar-refractivity contribution is 0.201. The van der Waals surface area contributed by atoms with E-state index in [0.29, 0.717) is 5.92 Å². The van der Waals surface area contributed by atoms with Gasteiger partial charge in [0.2, 0.25) is 0 Å². The molecule has 1 fully saturated rings. The Labute approximate surface area is 162 Å². The van der Waals surface area contributed by atoms with Crippen LogP contribution in [0.25, 0.3) is 10.6 Å². The van der Waals surface area contributed by atoms with Gasteiger partial charge in [0.05, 0.1) is 6.54 Å². The third-order valence-electron chi connectivity index (χ3n) is 5.46. The van der Waals surface area contributed by atoms with Gasteiger partial charge in [0.1, 0.15) is 16.7 Å². The summed E-state index contributed by atoms with van der Waals surface area (Å²) in [5.41, 5.74) is 1.14. The van der Waals surface area contributed by atoms with Gasteiger partial charge < -0.3 is 9.88 Å². The fourth-order valence-electron chi connectivity index (χ4n) is 3.99. The Morgan fingerprint density at radius 3 is 2.81 bits per heavy atom. The van der Waals surface area contributed by atoms with Crippen molar-refractivity contribution in [1.29, 1.82) is 0 Å². The average Bonchev–Trinajstić information content (AvgIpc) is 3.37. The molecule has 2 aliphatic rings. The Bertz CT molecular complexity index is 896. The summed E-state index contributed by atoms with van der Waals surface area (Å²) in [6, 6.07) is 4.03. The van der Waals surface area contributed by atoms with Gasteiger partial charge in [0.25, 0.3) is 0 Å². The van der Waals surface area contributed by atoms with E-state index in [1.165, 1.54) is 10.7 Å². The van der Waals surface area contributed by atoms with E-state index in [4.69, 9.17) is 0 Å². The van der Waals surface area contributed by atoms with Crippen molar-refractivity contribution in [2.24, 2.45) is 0 Å². The van der Waals surface area contributed by atoms with Crippen LogP contribution in [-0.2, 0) is 19.6 Å². The number of piperidine rings is 1. The van der Waals surface area contributed by atoms with Crippen LogP contribution < -0.4 is 5.32 Å². The lowest BCUT2D eigenvalue weighted by atomic mass is 9.95. The molecule has 0 bridgehead atoms. The molecule has 0 aromatic carbocycles. The molecule has 0 amide bonds. The SMILES string of the molecule is c1cc(-c2ncc(CN3CCC(c4nnc5n4CCNC5)CC3)s2)ccn1. The zero-order valence-electron chi connectivity index (χ0n) is 15.2. The maximum atomic E-state index is 4.59. The highest BCUT2D eigenvalue weighted by Crippen LogP contribution is 2.30. The molecule has 3 aromatic heterocycles. The molecule has 8 heteroatoms. The standard InChI is InChI=1S/C19H23N7S/c1-5-20-6-2-15(1)19-22-11-16(27-19)13-25-8-3-14(4-9-25)18-24-23-17-12-21-7-10-26(17)18/h1-2,5-6,11,14,21H,3-4,7-10,12-13H2. The second-order valence-electron chi connectivity index (χ2n) is 7.22. The first-order valence-electron chi connectivity index (χ1n) is 9.57. The fraction of sp³-hybridized carbons (Fsp3) is 0.474. The minimum atomic E-state index is 0.537. The predicted molar refractivity (Wildman–Crippen MR) is 104 cm³/mol. The first kappa shape index (κ1) is 17.0. The summed E-state index contributed by atoms with van der Waals surface area (Å²) < 4.78 is 2.33. The van der Waals surface area contributed by atoms with E-state index < -0.39 is 0 Å². The Morgan fingerprint density at radius 2 is 1.96 bits per heavy atom. The van der Waals surface area contributed by atoms with Crippen LogP contribution in [0, 0.1) is 0 Å². The van der Waals surface area contributed by atoms with Gasteiger partial charge in [-0.3, -0.25) is 9.88 Å². The third kappa shape index (κ3) is 3.52. The van der Waals surface area contributed by atoms with E-state index >= 15 is 0 Å². The van der Waals surface area contributed by atoms with Crippen molar-refractivity contribution in [1.82, 2.24) is 34.9 Å². The van der Waals surface area contributed by atoms with Crippen molar-refractivity contribution in [3.63, 3.8) is 0 Å². The van der Waals surface area contributed by atoms with Crippen molar-refractivity contribution < 1.29 is 0 Å². The van der Waals surface area contributed by atoms with Gasteiger partial charge in [-0.2, -0.15) is 0 Å². The summed E-state index contributed by atoms with van der Waals surface area (Å²) in [6.07, 6.45) is 7.97. The second kappa shape index (κ2) is 7.46. The van der Waals surface area contributed by atoms with Crippen LogP contribution >= 0.6 is 11.3 Å². The third-order valence-corrected chi connectivity index (χ3v) is 6.50. The zero-order valence-corrected chi connectivity index (χ0v) is 16.0. The molecule has 0 aliphatic carbocycles. The van der Waals surface area contributed by atoms with E-state index in [9.17, 15) is 0 Å². The molecular formula is C19H23N7S. The molecule has 140 valence electrons. The molecule has 7 nitrogen and oxygen atoms in total. The quantitative estimate of drug-likeness (QED) is 0.748. The normalized spacial score (nSPS) is 18.5. The molecular weight excluding hydrogens is 358 g/mol. The Hall–Kier alpha value is -2.16. The van der Waals surface area contributed by atoms with Gasteiger partial charge in [-0.25, -0.2) is 4.98 Å². The van der Waals surface area contributed by atoms with Crippen LogP contribution in [0.15, 0.2) is 30.7 Å². The van der Waals surface area contributed by atoms with Crippen molar-refractivity contribution in [3.8, 4) is 10.6 Å². The summed E-state index contributed by atoms with van der Waals surface area (Å²) in [4.78, 5) is 12.5. The highest BCUT2D eigenvalue weighted by Gasteiger charge is 2.27. The fourth-order valence-corrected chi connectivity index (χ4v) is 4.96. The molecule has 0 atom stereocenters. The first-order chi connectivity index (χ1) is 13.4. The van der Waals surface area contributed by atoms with E-state index in [1.54, 1.807) is 11.3 Å². The van der Waals surface area contributed by atoms with Crippen LogP contribution in [0.1, 0.15) is 35.3 Å². The summed E-state index contributed by atoms with van der Waals surface area (Å²) in [6.45, 7) is 6.05. The van der Waals surface area contributed by atoms with E-state index in [-0.39, 0.29) is 0 Å². The van der Waals surface area contributed by atoms with E-state index in [1.807, 2.05) is 30.7 Å². The molecule has 2 aliphatic heterocycles. The van der Waals surface area contributed by atoms with Crippen molar-refractivity contribution in [2.45, 2.75) is 38.4 Å². The summed E-state index contributed by atoms with van der Waals surface area (Å²) in [5, 5.41) is 13.3. The molecule has 5 rings (SSSR count). The van der Waals surface area contributed by atoms with Crippen LogP contribution in [0.2, 0.25) is 0 Å². The number of pyridine rings is 1. The number of hydrogen-bond donors (Lipinski definition) is 1. The zero-order chi connectivity index (χ0) is 18.1. The Balaban J connectivity index is 1.20. The highest BCUT2D eigenvalue weighted by atomic mass is 32.1. The van der Waals surface area contributed by atoms with Crippen LogP contribution in [-0.4, -0.2) is 49.3 Å². The van der Waals surface area contributed by atoms with Crippen LogP contribution in [0.4, 0.5) is 0 Å². The topological polar surface area (TPSA) is 71.8 Å². The largest absolute Gasteiger partial charge is 0.312 e. The van der Waals surface area contributed by atoms with Gasteiger partial charge >= 0.3 is 0 Å². The van der Waals surface area contributed by atoms with Gasteiger partial charge in [-0.15, -0.1) is 21.5 Å². The molecule has 0 unspecified atom stereocenters. The molecule has 0 spiro atoms. The molecule has 1 N–H and O–H groups in total. The lowest BCUT2D eigenvalue weighted by Gasteiger charge is -2.31. The lowest BCUT2D eigenvalue weighted by Crippen LogP contribution is -2.34. The Kier molecular flexibility index (Phi) is 4.69. The smallest absolute Gasteiger partial charge is 0.147 e. The van der Waals surface area contributed by atoms with Crippen LogP contribution in [0.3, 0.4) is 0 Å². The number of thiazole rings is 1.